The predicted molar refractivity (Wildman–Crippen MR) is 95.1 cm³/mol. The molecule has 6 heteroatoms. The molecule has 0 radical (unpaired) electrons. The topological polar surface area (TPSA) is 57.7 Å². The summed E-state index contributed by atoms with van der Waals surface area (Å²) in [5.74, 6) is -0.770. The maximum absolute atomic E-state index is 12.9. The molecule has 1 aromatic carbocycles. The van der Waals surface area contributed by atoms with Gasteiger partial charge in [0.15, 0.2) is 0 Å². The Hall–Kier alpha value is -1.88. The van der Waals surface area contributed by atoms with Gasteiger partial charge in [0.2, 0.25) is 11.8 Å². The summed E-state index contributed by atoms with van der Waals surface area (Å²) in [6, 6.07) is 6.74. The quantitative estimate of drug-likeness (QED) is 0.768. The van der Waals surface area contributed by atoms with Crippen LogP contribution in [0.5, 0.6) is 0 Å². The molecule has 3 rings (SSSR count). The minimum Gasteiger partial charge on any atom is -0.274 e. The van der Waals surface area contributed by atoms with Crippen molar-refractivity contribution in [2.45, 2.75) is 52.0 Å². The van der Waals surface area contributed by atoms with E-state index in [-0.39, 0.29) is 30.3 Å². The van der Waals surface area contributed by atoms with Gasteiger partial charge >= 0.3 is 6.03 Å². The molecule has 25 heavy (non-hydrogen) atoms. The lowest BCUT2D eigenvalue weighted by atomic mass is 9.86. The number of barbiturate groups is 1. The Bertz CT molecular complexity index is 699. The first-order valence-electron chi connectivity index (χ1n) is 8.70. The summed E-state index contributed by atoms with van der Waals surface area (Å²) in [5, 5.41) is 0.647. The van der Waals surface area contributed by atoms with Gasteiger partial charge in [0, 0.05) is 17.6 Å². The van der Waals surface area contributed by atoms with Crippen molar-refractivity contribution >= 4 is 29.4 Å². The SMILES string of the molecule is CC1(C)CCC[C@@H]1N1C(=O)CC(=O)N(CCc2ccc(Cl)cc2)C1=O. The largest absolute Gasteiger partial charge is 0.333 e. The van der Waals surface area contributed by atoms with Gasteiger partial charge < -0.3 is 0 Å². The molecule has 0 aromatic heterocycles. The van der Waals surface area contributed by atoms with Crippen LogP contribution in [0.3, 0.4) is 0 Å². The van der Waals surface area contributed by atoms with Crippen molar-refractivity contribution in [3.05, 3.63) is 34.9 Å². The van der Waals surface area contributed by atoms with Gasteiger partial charge in [-0.3, -0.25) is 19.4 Å². The minimum absolute atomic E-state index is 0.104. The zero-order valence-corrected chi connectivity index (χ0v) is 15.4. The highest BCUT2D eigenvalue weighted by molar-refractivity contribution is 6.30. The van der Waals surface area contributed by atoms with Crippen molar-refractivity contribution in [3.8, 4) is 0 Å². The molecular weight excluding hydrogens is 340 g/mol. The molecule has 134 valence electrons. The average Bonchev–Trinajstić information content (AvgIpc) is 2.88. The van der Waals surface area contributed by atoms with Crippen molar-refractivity contribution in [3.63, 3.8) is 0 Å². The van der Waals surface area contributed by atoms with Crippen molar-refractivity contribution in [1.29, 1.82) is 0 Å². The fourth-order valence-corrected chi connectivity index (χ4v) is 3.99. The van der Waals surface area contributed by atoms with E-state index in [4.69, 9.17) is 11.6 Å². The minimum atomic E-state index is -0.463. The number of benzene rings is 1. The molecule has 2 fully saturated rings. The number of imide groups is 2. The Balaban J connectivity index is 1.75. The van der Waals surface area contributed by atoms with Crippen molar-refractivity contribution < 1.29 is 14.4 Å². The number of halogens is 1. The van der Waals surface area contributed by atoms with E-state index in [1.165, 1.54) is 9.80 Å². The summed E-state index contributed by atoms with van der Waals surface area (Å²) in [4.78, 5) is 40.1. The maximum Gasteiger partial charge on any atom is 0.333 e. The van der Waals surface area contributed by atoms with E-state index in [1.54, 1.807) is 12.1 Å². The predicted octanol–water partition coefficient (Wildman–Crippen LogP) is 3.64. The molecule has 0 bridgehead atoms. The average molecular weight is 363 g/mol. The highest BCUT2D eigenvalue weighted by Gasteiger charge is 2.48. The second kappa shape index (κ2) is 6.79. The molecule has 1 saturated carbocycles. The van der Waals surface area contributed by atoms with Crippen LogP contribution in [-0.2, 0) is 16.0 Å². The van der Waals surface area contributed by atoms with Crippen LogP contribution in [0, 0.1) is 5.41 Å². The van der Waals surface area contributed by atoms with E-state index in [0.717, 1.165) is 24.8 Å². The normalized spacial score (nSPS) is 23.5. The first-order chi connectivity index (χ1) is 11.8. The molecule has 1 heterocycles. The van der Waals surface area contributed by atoms with Gasteiger partial charge in [-0.1, -0.05) is 44.0 Å². The monoisotopic (exact) mass is 362 g/mol. The first kappa shape index (κ1) is 17.9. The molecule has 2 aliphatic rings. The van der Waals surface area contributed by atoms with Crippen LogP contribution < -0.4 is 0 Å². The van der Waals surface area contributed by atoms with Crippen LogP contribution in [0.2, 0.25) is 5.02 Å². The molecule has 1 aliphatic carbocycles. The summed E-state index contributed by atoms with van der Waals surface area (Å²) < 4.78 is 0. The second-order valence-corrected chi connectivity index (χ2v) is 7.98. The van der Waals surface area contributed by atoms with Crippen molar-refractivity contribution in [2.24, 2.45) is 5.41 Å². The number of amides is 4. The van der Waals surface area contributed by atoms with E-state index in [1.807, 2.05) is 12.1 Å². The summed E-state index contributed by atoms with van der Waals surface area (Å²) in [5.41, 5.74) is 0.891. The Morgan fingerprint density at radius 1 is 1.12 bits per heavy atom. The number of urea groups is 1. The molecule has 0 N–H and O–H groups in total. The lowest BCUT2D eigenvalue weighted by Gasteiger charge is -2.41. The second-order valence-electron chi connectivity index (χ2n) is 7.54. The molecule has 0 unspecified atom stereocenters. The van der Waals surface area contributed by atoms with Crippen LogP contribution in [0.4, 0.5) is 4.79 Å². The van der Waals surface area contributed by atoms with Crippen LogP contribution >= 0.6 is 11.6 Å². The smallest absolute Gasteiger partial charge is 0.274 e. The van der Waals surface area contributed by atoms with Crippen LogP contribution in [0.1, 0.15) is 45.1 Å². The Kier molecular flexibility index (Phi) is 4.87. The van der Waals surface area contributed by atoms with Crippen LogP contribution in [0.25, 0.3) is 0 Å². The fourth-order valence-electron chi connectivity index (χ4n) is 3.86. The first-order valence-corrected chi connectivity index (χ1v) is 9.08. The number of carbonyl (C=O) groups is 3. The third kappa shape index (κ3) is 3.56. The van der Waals surface area contributed by atoms with E-state index < -0.39 is 11.9 Å². The molecule has 1 aliphatic heterocycles. The fraction of sp³-hybridized carbons (Fsp3) is 0.526. The number of hydrogen-bond donors (Lipinski definition) is 0. The Morgan fingerprint density at radius 3 is 2.40 bits per heavy atom. The van der Waals surface area contributed by atoms with Gasteiger partial charge in [-0.05, 0) is 42.4 Å². The Morgan fingerprint density at radius 2 is 1.80 bits per heavy atom. The van der Waals surface area contributed by atoms with Crippen LogP contribution in [-0.4, -0.2) is 40.2 Å². The molecule has 4 amide bonds. The summed E-state index contributed by atoms with van der Waals surface area (Å²) >= 11 is 5.88. The Labute approximate surface area is 152 Å². The van der Waals surface area contributed by atoms with Gasteiger partial charge in [0.25, 0.3) is 0 Å². The lowest BCUT2D eigenvalue weighted by Crippen LogP contribution is -2.60. The van der Waals surface area contributed by atoms with E-state index in [9.17, 15) is 14.4 Å². The third-order valence-corrected chi connectivity index (χ3v) is 5.61. The number of nitrogens with zero attached hydrogens (tertiary/aromatic N) is 2. The van der Waals surface area contributed by atoms with Crippen LogP contribution in [0.15, 0.2) is 24.3 Å². The van der Waals surface area contributed by atoms with E-state index in [2.05, 4.69) is 13.8 Å². The summed E-state index contributed by atoms with van der Waals surface area (Å²) in [6.45, 7) is 4.44. The van der Waals surface area contributed by atoms with Gasteiger partial charge in [-0.25, -0.2) is 4.79 Å². The van der Waals surface area contributed by atoms with Crippen molar-refractivity contribution in [1.82, 2.24) is 9.80 Å². The molecular formula is C19H23ClN2O3. The standard InChI is InChI=1S/C19H23ClN2O3/c1-19(2)10-3-4-15(19)22-17(24)12-16(23)21(18(22)25)11-9-13-5-7-14(20)8-6-13/h5-8,15H,3-4,9-12H2,1-2H3/t15-/m0/s1. The maximum atomic E-state index is 12.9. The zero-order chi connectivity index (χ0) is 18.2. The van der Waals surface area contributed by atoms with Crippen molar-refractivity contribution in [2.75, 3.05) is 6.54 Å². The third-order valence-electron chi connectivity index (χ3n) is 5.36. The number of carbonyl (C=O) groups excluding carboxylic acids is 3. The van der Waals surface area contributed by atoms with Gasteiger partial charge in [0.05, 0.1) is 0 Å². The van der Waals surface area contributed by atoms with E-state index in [0.29, 0.717) is 11.4 Å². The highest BCUT2D eigenvalue weighted by atomic mass is 35.5. The zero-order valence-electron chi connectivity index (χ0n) is 14.6. The molecule has 1 saturated heterocycles. The van der Waals surface area contributed by atoms with Gasteiger partial charge in [-0.15, -0.1) is 0 Å². The number of rotatable bonds is 4. The molecule has 1 atom stereocenters. The van der Waals surface area contributed by atoms with Gasteiger partial charge in [0.1, 0.15) is 6.42 Å². The lowest BCUT2D eigenvalue weighted by molar-refractivity contribution is -0.145. The number of hydrogen-bond acceptors (Lipinski definition) is 3. The van der Waals surface area contributed by atoms with Gasteiger partial charge in [-0.2, -0.15) is 0 Å². The molecule has 0 spiro atoms. The van der Waals surface area contributed by atoms with E-state index >= 15 is 0 Å². The molecule has 5 nitrogen and oxygen atoms in total. The molecule has 1 aromatic rings. The summed E-state index contributed by atoms with van der Waals surface area (Å²) in [6.07, 6.45) is 3.11. The summed E-state index contributed by atoms with van der Waals surface area (Å²) in [7, 11) is 0. The highest BCUT2D eigenvalue weighted by Crippen LogP contribution is 2.41.